The van der Waals surface area contributed by atoms with Gasteiger partial charge in [0.1, 0.15) is 5.82 Å². The van der Waals surface area contributed by atoms with Gasteiger partial charge in [-0.2, -0.15) is 0 Å². The van der Waals surface area contributed by atoms with Crippen LogP contribution >= 0.6 is 15.9 Å². The molecule has 106 valence electrons. The van der Waals surface area contributed by atoms with E-state index in [9.17, 15) is 18.3 Å². The van der Waals surface area contributed by atoms with Crippen molar-refractivity contribution in [3.05, 3.63) is 69.4 Å². The number of aliphatic hydroxyl groups excluding tert-OH is 1. The molecule has 2 aromatic rings. The van der Waals surface area contributed by atoms with Crippen LogP contribution < -0.4 is 0 Å². The van der Waals surface area contributed by atoms with E-state index in [2.05, 4.69) is 15.9 Å². The minimum atomic E-state index is -2.58. The van der Waals surface area contributed by atoms with Crippen LogP contribution in [0.3, 0.4) is 0 Å². The van der Waals surface area contributed by atoms with Gasteiger partial charge >= 0.3 is 0 Å². The number of halogens is 4. The van der Waals surface area contributed by atoms with Crippen molar-refractivity contribution in [3.63, 3.8) is 0 Å². The van der Waals surface area contributed by atoms with Gasteiger partial charge in [0, 0.05) is 16.5 Å². The number of alkyl halides is 2. The highest BCUT2D eigenvalue weighted by molar-refractivity contribution is 9.10. The Kier molecular flexibility index (Phi) is 4.83. The van der Waals surface area contributed by atoms with Crippen LogP contribution in [0, 0.1) is 5.82 Å². The van der Waals surface area contributed by atoms with E-state index in [-0.39, 0.29) is 12.0 Å². The van der Waals surface area contributed by atoms with Gasteiger partial charge in [0.25, 0.3) is 6.43 Å². The van der Waals surface area contributed by atoms with E-state index in [4.69, 9.17) is 0 Å². The second-order valence-electron chi connectivity index (χ2n) is 4.43. The molecule has 0 fully saturated rings. The first-order valence-corrected chi connectivity index (χ1v) is 6.76. The fourth-order valence-electron chi connectivity index (χ4n) is 1.93. The molecule has 0 aliphatic rings. The maximum atomic E-state index is 13.2. The Morgan fingerprint density at radius 2 is 1.75 bits per heavy atom. The zero-order valence-corrected chi connectivity index (χ0v) is 11.9. The highest BCUT2D eigenvalue weighted by Gasteiger charge is 2.14. The third kappa shape index (κ3) is 3.61. The van der Waals surface area contributed by atoms with Gasteiger partial charge in [-0.25, -0.2) is 13.2 Å². The molecule has 0 aromatic heterocycles. The van der Waals surface area contributed by atoms with E-state index < -0.39 is 18.3 Å². The van der Waals surface area contributed by atoms with Crippen molar-refractivity contribution in [2.75, 3.05) is 0 Å². The summed E-state index contributed by atoms with van der Waals surface area (Å²) in [5.74, 6) is -0.406. The maximum absolute atomic E-state index is 13.2. The number of rotatable bonds is 4. The van der Waals surface area contributed by atoms with Gasteiger partial charge in [-0.05, 0) is 35.4 Å². The Morgan fingerprint density at radius 1 is 1.05 bits per heavy atom. The molecule has 0 bridgehead atoms. The monoisotopic (exact) mass is 344 g/mol. The van der Waals surface area contributed by atoms with Gasteiger partial charge in [-0.15, -0.1) is 0 Å². The van der Waals surface area contributed by atoms with Crippen LogP contribution in [0.1, 0.15) is 29.2 Å². The van der Waals surface area contributed by atoms with Gasteiger partial charge in [0.05, 0.1) is 6.10 Å². The van der Waals surface area contributed by atoms with E-state index in [1.165, 1.54) is 30.3 Å². The summed E-state index contributed by atoms with van der Waals surface area (Å²) in [4.78, 5) is 0. The molecule has 0 spiro atoms. The molecule has 5 heteroatoms. The quantitative estimate of drug-likeness (QED) is 0.844. The largest absolute Gasteiger partial charge is 0.388 e. The Bertz CT molecular complexity index is 601. The zero-order valence-electron chi connectivity index (χ0n) is 10.4. The van der Waals surface area contributed by atoms with Crippen LogP contribution in [-0.4, -0.2) is 5.11 Å². The molecule has 0 heterocycles. The third-order valence-corrected chi connectivity index (χ3v) is 3.74. The Labute approximate surface area is 123 Å². The van der Waals surface area contributed by atoms with Crippen LogP contribution in [0.2, 0.25) is 0 Å². The van der Waals surface area contributed by atoms with Gasteiger partial charge in [-0.3, -0.25) is 0 Å². The first kappa shape index (κ1) is 15.1. The zero-order chi connectivity index (χ0) is 14.7. The van der Waals surface area contributed by atoms with Crippen LogP contribution in [0.4, 0.5) is 13.2 Å². The van der Waals surface area contributed by atoms with Crippen molar-refractivity contribution in [1.29, 1.82) is 0 Å². The Balaban J connectivity index is 2.21. The van der Waals surface area contributed by atoms with Crippen molar-refractivity contribution < 1.29 is 18.3 Å². The summed E-state index contributed by atoms with van der Waals surface area (Å²) in [5, 5.41) is 10.1. The average molecular weight is 345 g/mol. The lowest BCUT2D eigenvalue weighted by atomic mass is 10.00. The molecule has 0 saturated heterocycles. The number of benzene rings is 2. The van der Waals surface area contributed by atoms with Crippen molar-refractivity contribution in [2.45, 2.75) is 19.0 Å². The number of hydrogen-bond acceptors (Lipinski definition) is 1. The molecule has 20 heavy (non-hydrogen) atoms. The van der Waals surface area contributed by atoms with E-state index in [1.54, 1.807) is 12.1 Å². The molecule has 1 nitrogen and oxygen atoms in total. The SMILES string of the molecule is OC(Cc1cc(F)ccc1Br)c1cccc(C(F)F)c1. The highest BCUT2D eigenvalue weighted by Crippen LogP contribution is 2.27. The molecular weight excluding hydrogens is 333 g/mol. The summed E-state index contributed by atoms with van der Waals surface area (Å²) in [6, 6.07) is 9.78. The summed E-state index contributed by atoms with van der Waals surface area (Å²) in [6.07, 6.45) is -3.40. The number of aliphatic hydroxyl groups is 1. The lowest BCUT2D eigenvalue weighted by Gasteiger charge is -2.13. The molecule has 1 N–H and O–H groups in total. The maximum Gasteiger partial charge on any atom is 0.263 e. The summed E-state index contributed by atoms with van der Waals surface area (Å²) < 4.78 is 39.1. The minimum Gasteiger partial charge on any atom is -0.388 e. The molecule has 1 atom stereocenters. The fourth-order valence-corrected chi connectivity index (χ4v) is 2.34. The standard InChI is InChI=1S/C15H12BrF3O/c16-13-5-4-12(17)7-11(13)8-14(20)9-2-1-3-10(6-9)15(18)19/h1-7,14-15,20H,8H2. The molecule has 0 saturated carbocycles. The second kappa shape index (κ2) is 6.41. The average Bonchev–Trinajstić information content (AvgIpc) is 2.43. The molecular formula is C15H12BrF3O. The Morgan fingerprint density at radius 3 is 2.45 bits per heavy atom. The summed E-state index contributed by atoms with van der Waals surface area (Å²) in [6.45, 7) is 0. The van der Waals surface area contributed by atoms with Crippen molar-refractivity contribution >= 4 is 15.9 Å². The molecule has 2 aromatic carbocycles. The van der Waals surface area contributed by atoms with E-state index in [0.717, 1.165) is 0 Å². The van der Waals surface area contributed by atoms with Gasteiger partial charge < -0.3 is 5.11 Å². The van der Waals surface area contributed by atoms with Crippen LogP contribution in [-0.2, 0) is 6.42 Å². The second-order valence-corrected chi connectivity index (χ2v) is 5.28. The molecule has 0 radical (unpaired) electrons. The fraction of sp³-hybridized carbons (Fsp3) is 0.200. The van der Waals surface area contributed by atoms with Crippen LogP contribution in [0.25, 0.3) is 0 Å². The first-order chi connectivity index (χ1) is 9.47. The van der Waals surface area contributed by atoms with Crippen molar-refractivity contribution in [3.8, 4) is 0 Å². The number of hydrogen-bond donors (Lipinski definition) is 1. The smallest absolute Gasteiger partial charge is 0.263 e. The van der Waals surface area contributed by atoms with E-state index >= 15 is 0 Å². The third-order valence-electron chi connectivity index (χ3n) is 2.97. The van der Waals surface area contributed by atoms with Gasteiger partial charge in [0.15, 0.2) is 0 Å². The molecule has 2 rings (SSSR count). The Hall–Kier alpha value is -1.33. The highest BCUT2D eigenvalue weighted by atomic mass is 79.9. The molecule has 1 unspecified atom stereocenters. The van der Waals surface area contributed by atoms with Gasteiger partial charge in [-0.1, -0.05) is 34.1 Å². The predicted molar refractivity (Wildman–Crippen MR) is 74.2 cm³/mol. The predicted octanol–water partition coefficient (Wildman–Crippen LogP) is 4.80. The summed E-state index contributed by atoms with van der Waals surface area (Å²) in [5.41, 5.74) is 0.832. The first-order valence-electron chi connectivity index (χ1n) is 5.97. The van der Waals surface area contributed by atoms with Crippen LogP contribution in [0.15, 0.2) is 46.9 Å². The summed E-state index contributed by atoms with van der Waals surface area (Å²) >= 11 is 3.27. The topological polar surface area (TPSA) is 20.2 Å². The van der Waals surface area contributed by atoms with Crippen molar-refractivity contribution in [1.82, 2.24) is 0 Å². The molecule has 0 aliphatic carbocycles. The van der Waals surface area contributed by atoms with E-state index in [0.29, 0.717) is 15.6 Å². The van der Waals surface area contributed by atoms with Gasteiger partial charge in [0.2, 0.25) is 0 Å². The molecule has 0 aliphatic heterocycles. The normalized spacial score (nSPS) is 12.7. The lowest BCUT2D eigenvalue weighted by Crippen LogP contribution is -2.03. The van der Waals surface area contributed by atoms with Crippen molar-refractivity contribution in [2.24, 2.45) is 0 Å². The molecule has 0 amide bonds. The minimum absolute atomic E-state index is 0.139. The summed E-state index contributed by atoms with van der Waals surface area (Å²) in [7, 11) is 0. The lowest BCUT2D eigenvalue weighted by molar-refractivity contribution is 0.149. The van der Waals surface area contributed by atoms with Crippen LogP contribution in [0.5, 0.6) is 0 Å². The van der Waals surface area contributed by atoms with E-state index in [1.807, 2.05) is 0 Å².